The Morgan fingerprint density at radius 1 is 0.426 bits per heavy atom. The summed E-state index contributed by atoms with van der Waals surface area (Å²) in [5, 5.41) is 8.72. The molecule has 9 rings (SSSR count). The lowest BCUT2D eigenvalue weighted by Crippen LogP contribution is -1.97. The van der Waals surface area contributed by atoms with E-state index in [1.807, 2.05) is 12.2 Å². The molecule has 0 bridgehead atoms. The highest BCUT2D eigenvalue weighted by Gasteiger charge is 2.19. The molecule has 2 nitrogen and oxygen atoms in total. The highest BCUT2D eigenvalue weighted by molar-refractivity contribution is 6.18. The lowest BCUT2D eigenvalue weighted by molar-refractivity contribution is 1.18. The van der Waals surface area contributed by atoms with Crippen molar-refractivity contribution in [2.45, 2.75) is 0 Å². The third-order valence-corrected chi connectivity index (χ3v) is 9.72. The Kier molecular flexibility index (Phi) is 9.82. The number of anilines is 2. The summed E-state index contributed by atoms with van der Waals surface area (Å²) in [7, 11) is 0. The normalized spacial score (nSPS) is 11.0. The van der Waals surface area contributed by atoms with Crippen LogP contribution in [0.2, 0.25) is 0 Å². The summed E-state index contributed by atoms with van der Waals surface area (Å²) in [5.41, 5.74) is 12.9. The molecule has 0 amide bonds. The van der Waals surface area contributed by atoms with Crippen molar-refractivity contribution in [3.05, 3.63) is 226 Å². The Hall–Kier alpha value is -7.16. The monoisotopic (exact) mass is 692 g/mol. The predicted molar refractivity (Wildman–Crippen MR) is 234 cm³/mol. The van der Waals surface area contributed by atoms with Gasteiger partial charge in [-0.2, -0.15) is 0 Å². The molecule has 8 aromatic carbocycles. The number of para-hydroxylation sites is 1. The summed E-state index contributed by atoms with van der Waals surface area (Å²) >= 11 is 0. The highest BCUT2D eigenvalue weighted by Crippen LogP contribution is 2.43. The zero-order chi connectivity index (χ0) is 36.7. The lowest BCUT2D eigenvalue weighted by atomic mass is 9.97. The molecule has 0 aliphatic heterocycles. The summed E-state index contributed by atoms with van der Waals surface area (Å²) in [6.45, 7) is 6.93. The summed E-state index contributed by atoms with van der Waals surface area (Å²) in [6, 6.07) is 67.5. The van der Waals surface area contributed by atoms with Crippen LogP contribution in [0.25, 0.3) is 71.6 Å². The van der Waals surface area contributed by atoms with E-state index in [9.17, 15) is 0 Å². The van der Waals surface area contributed by atoms with Crippen LogP contribution < -0.4 is 5.32 Å². The Bertz CT molecular complexity index is 2760. The van der Waals surface area contributed by atoms with Crippen LogP contribution in [0.3, 0.4) is 0 Å². The molecule has 9 aromatic rings. The van der Waals surface area contributed by atoms with Crippen LogP contribution in [0, 0.1) is 0 Å². The minimum atomic E-state index is 1.07. The van der Waals surface area contributed by atoms with Crippen molar-refractivity contribution in [2.75, 3.05) is 5.32 Å². The van der Waals surface area contributed by atoms with Gasteiger partial charge in [-0.3, -0.25) is 0 Å². The molecule has 0 saturated heterocycles. The molecule has 0 spiro atoms. The third-order valence-electron chi connectivity index (χ3n) is 9.72. The van der Waals surface area contributed by atoms with Crippen molar-refractivity contribution in [1.82, 2.24) is 4.57 Å². The van der Waals surface area contributed by atoms with Crippen LogP contribution >= 0.6 is 0 Å². The number of nitrogens with zero attached hydrogens (tertiary/aromatic N) is 1. The molecule has 0 saturated carbocycles. The number of aromatic nitrogens is 1. The van der Waals surface area contributed by atoms with Crippen LogP contribution in [-0.2, 0) is 0 Å². The summed E-state index contributed by atoms with van der Waals surface area (Å²) < 4.78 is 2.42. The van der Waals surface area contributed by atoms with Gasteiger partial charge in [0.25, 0.3) is 0 Å². The van der Waals surface area contributed by atoms with Gasteiger partial charge in [0.15, 0.2) is 0 Å². The fourth-order valence-corrected chi connectivity index (χ4v) is 7.26. The Morgan fingerprint density at radius 3 is 1.76 bits per heavy atom. The van der Waals surface area contributed by atoms with E-state index >= 15 is 0 Å². The standard InChI is InChI=1S/C46H32N2.C6H8/c1-3-13-32(14-4-1)35-19-11-20-36(29-35)38-21-12-22-40(31-38)48-43-24-10-9-23-41(43)46-44(48)28-27-42(45(46)34-16-5-2-6-17-34)47-39-26-25-33-15-7-8-18-37(33)30-39;1-3-5-6-4-2/h1-31,47H;3-6H,1-2H2/b;6-5-. The van der Waals surface area contributed by atoms with Crippen molar-refractivity contribution >= 4 is 44.0 Å². The molecule has 0 atom stereocenters. The molecule has 0 aliphatic carbocycles. The summed E-state index contributed by atoms with van der Waals surface area (Å²) in [5.74, 6) is 0. The zero-order valence-corrected chi connectivity index (χ0v) is 30.1. The molecule has 0 radical (unpaired) electrons. The van der Waals surface area contributed by atoms with Gasteiger partial charge < -0.3 is 9.88 Å². The average Bonchev–Trinajstić information content (AvgIpc) is 3.58. The minimum absolute atomic E-state index is 1.07. The molecule has 0 fully saturated rings. The summed E-state index contributed by atoms with van der Waals surface area (Å²) in [6.07, 6.45) is 7.07. The van der Waals surface area contributed by atoms with Gasteiger partial charge in [0.1, 0.15) is 0 Å². The van der Waals surface area contributed by atoms with E-state index in [0.717, 1.165) is 17.1 Å². The van der Waals surface area contributed by atoms with Gasteiger partial charge in [-0.05, 0) is 87.1 Å². The number of benzene rings is 8. The largest absolute Gasteiger partial charge is 0.355 e. The first-order valence-corrected chi connectivity index (χ1v) is 18.3. The molecule has 0 unspecified atom stereocenters. The van der Waals surface area contributed by atoms with Gasteiger partial charge in [-0.25, -0.2) is 0 Å². The van der Waals surface area contributed by atoms with Gasteiger partial charge in [-0.1, -0.05) is 177 Å². The molecular formula is C52H40N2. The van der Waals surface area contributed by atoms with E-state index in [-0.39, 0.29) is 0 Å². The predicted octanol–water partition coefficient (Wildman–Crippen LogP) is 14.6. The van der Waals surface area contributed by atoms with E-state index < -0.39 is 0 Å². The first-order chi connectivity index (χ1) is 26.7. The molecule has 1 aromatic heterocycles. The second-order valence-corrected chi connectivity index (χ2v) is 13.1. The van der Waals surface area contributed by atoms with Crippen LogP contribution in [0.15, 0.2) is 226 Å². The average molecular weight is 693 g/mol. The Labute approximate surface area is 317 Å². The number of hydrogen-bond acceptors (Lipinski definition) is 1. The van der Waals surface area contributed by atoms with Crippen molar-refractivity contribution < 1.29 is 0 Å². The van der Waals surface area contributed by atoms with Gasteiger partial charge in [0, 0.05) is 33.4 Å². The number of hydrogen-bond donors (Lipinski definition) is 1. The van der Waals surface area contributed by atoms with Crippen LogP contribution in [-0.4, -0.2) is 4.57 Å². The Balaban J connectivity index is 0.000000640. The van der Waals surface area contributed by atoms with Crippen molar-refractivity contribution in [3.8, 4) is 39.1 Å². The van der Waals surface area contributed by atoms with E-state index in [1.54, 1.807) is 12.2 Å². The van der Waals surface area contributed by atoms with E-state index in [2.05, 4.69) is 211 Å². The van der Waals surface area contributed by atoms with Gasteiger partial charge >= 0.3 is 0 Å². The van der Waals surface area contributed by atoms with Gasteiger partial charge in [0.2, 0.25) is 0 Å². The zero-order valence-electron chi connectivity index (χ0n) is 30.1. The van der Waals surface area contributed by atoms with Gasteiger partial charge in [-0.15, -0.1) is 0 Å². The van der Waals surface area contributed by atoms with E-state index in [1.165, 1.54) is 66.0 Å². The Morgan fingerprint density at radius 2 is 1.02 bits per heavy atom. The van der Waals surface area contributed by atoms with E-state index in [0.29, 0.717) is 0 Å². The maximum Gasteiger partial charge on any atom is 0.0548 e. The number of rotatable bonds is 8. The second-order valence-electron chi connectivity index (χ2n) is 13.1. The van der Waals surface area contributed by atoms with E-state index in [4.69, 9.17) is 0 Å². The number of fused-ring (bicyclic) bond motifs is 4. The van der Waals surface area contributed by atoms with Crippen LogP contribution in [0.1, 0.15) is 0 Å². The molecule has 0 aliphatic rings. The maximum absolute atomic E-state index is 3.81. The van der Waals surface area contributed by atoms with Crippen molar-refractivity contribution in [3.63, 3.8) is 0 Å². The van der Waals surface area contributed by atoms with Crippen molar-refractivity contribution in [2.24, 2.45) is 0 Å². The summed E-state index contributed by atoms with van der Waals surface area (Å²) in [4.78, 5) is 0. The molecule has 2 heteroatoms. The molecular weight excluding hydrogens is 653 g/mol. The maximum atomic E-state index is 3.81. The third kappa shape index (κ3) is 6.89. The fourth-order valence-electron chi connectivity index (χ4n) is 7.26. The van der Waals surface area contributed by atoms with Crippen LogP contribution in [0.5, 0.6) is 0 Å². The topological polar surface area (TPSA) is 17.0 Å². The first kappa shape index (κ1) is 34.0. The van der Waals surface area contributed by atoms with Gasteiger partial charge in [0.05, 0.1) is 11.0 Å². The molecule has 1 heterocycles. The van der Waals surface area contributed by atoms with Crippen molar-refractivity contribution in [1.29, 1.82) is 0 Å². The smallest absolute Gasteiger partial charge is 0.0548 e. The fraction of sp³-hybridized carbons (Fsp3) is 0. The molecule has 258 valence electrons. The second kappa shape index (κ2) is 15.6. The highest BCUT2D eigenvalue weighted by atomic mass is 15.0. The number of nitrogens with one attached hydrogen (secondary N) is 1. The first-order valence-electron chi connectivity index (χ1n) is 18.3. The molecule has 1 N–H and O–H groups in total. The number of allylic oxidation sites excluding steroid dienone is 4. The minimum Gasteiger partial charge on any atom is -0.355 e. The lowest BCUT2D eigenvalue weighted by Gasteiger charge is -2.16. The SMILES string of the molecule is C=C/C=C\C=C.c1ccc(-c2cccc(-c3cccc(-n4c5ccccc5c5c(-c6ccccc6)c(Nc6ccc7ccccc7c6)ccc54)c3)c2)cc1. The quantitative estimate of drug-likeness (QED) is 0.157. The molecule has 54 heavy (non-hydrogen) atoms. The van der Waals surface area contributed by atoms with Crippen LogP contribution in [0.4, 0.5) is 11.4 Å².